The summed E-state index contributed by atoms with van der Waals surface area (Å²) in [6, 6.07) is 14.1. The summed E-state index contributed by atoms with van der Waals surface area (Å²) in [5.74, 6) is -0.732. The minimum atomic E-state index is -4.57. The van der Waals surface area contributed by atoms with Crippen LogP contribution in [0.3, 0.4) is 0 Å². The van der Waals surface area contributed by atoms with E-state index in [9.17, 15) is 22.4 Å². The molecule has 0 radical (unpaired) electrons. The zero-order chi connectivity index (χ0) is 25.6. The third kappa shape index (κ3) is 7.21. The molecule has 3 aromatic rings. The van der Waals surface area contributed by atoms with E-state index in [1.54, 1.807) is 19.1 Å². The minimum absolute atomic E-state index is 0.0236. The van der Waals surface area contributed by atoms with Gasteiger partial charge >= 0.3 is 12.1 Å². The standard InChI is InChI=1S/C27H26F4O4/c1-17-15-21(10-7-19(17)8-12-26(32)33)34-14-13-18(2)35-25-11-9-20(27(29,30)31)16-23(25)22-5-3-4-6-24(22)28/h3-7,9-11,15-16,18H,8,12-14H2,1-2H3,(H,32,33)/t18-/m0/s1. The third-order valence-corrected chi connectivity index (χ3v) is 5.51. The first-order valence-corrected chi connectivity index (χ1v) is 11.1. The van der Waals surface area contributed by atoms with Crippen LogP contribution in [0.25, 0.3) is 11.1 Å². The smallest absolute Gasteiger partial charge is 0.416 e. The minimum Gasteiger partial charge on any atom is -0.493 e. The van der Waals surface area contributed by atoms with Crippen LogP contribution in [0.15, 0.2) is 60.7 Å². The first kappa shape index (κ1) is 26.1. The van der Waals surface area contributed by atoms with Crippen molar-refractivity contribution in [3.8, 4) is 22.6 Å². The molecule has 0 unspecified atom stereocenters. The normalized spacial score (nSPS) is 12.3. The lowest BCUT2D eigenvalue weighted by Crippen LogP contribution is -2.17. The third-order valence-electron chi connectivity index (χ3n) is 5.51. The summed E-state index contributed by atoms with van der Waals surface area (Å²) in [7, 11) is 0. The summed E-state index contributed by atoms with van der Waals surface area (Å²) in [5, 5.41) is 8.83. The first-order valence-electron chi connectivity index (χ1n) is 11.1. The Balaban J connectivity index is 1.67. The van der Waals surface area contributed by atoms with Crippen molar-refractivity contribution in [2.24, 2.45) is 0 Å². The Labute approximate surface area is 201 Å². The van der Waals surface area contributed by atoms with Crippen LogP contribution in [0, 0.1) is 12.7 Å². The molecule has 3 rings (SSSR count). The molecule has 0 fully saturated rings. The number of aryl methyl sites for hydroxylation is 2. The molecule has 0 aromatic heterocycles. The van der Waals surface area contributed by atoms with Crippen molar-refractivity contribution < 1.29 is 36.9 Å². The highest BCUT2D eigenvalue weighted by atomic mass is 19.4. The predicted octanol–water partition coefficient (Wildman–Crippen LogP) is 7.07. The molecule has 35 heavy (non-hydrogen) atoms. The lowest BCUT2D eigenvalue weighted by atomic mass is 10.0. The lowest BCUT2D eigenvalue weighted by molar-refractivity contribution is -0.138. The Morgan fingerprint density at radius 3 is 2.43 bits per heavy atom. The summed E-state index contributed by atoms with van der Waals surface area (Å²) in [4.78, 5) is 10.8. The van der Waals surface area contributed by atoms with Gasteiger partial charge < -0.3 is 14.6 Å². The van der Waals surface area contributed by atoms with Crippen LogP contribution in [0.5, 0.6) is 11.5 Å². The van der Waals surface area contributed by atoms with Crippen LogP contribution < -0.4 is 9.47 Å². The van der Waals surface area contributed by atoms with Gasteiger partial charge in [0.25, 0.3) is 0 Å². The second-order valence-electron chi connectivity index (χ2n) is 8.24. The molecule has 0 heterocycles. The van der Waals surface area contributed by atoms with E-state index in [0.717, 1.165) is 23.3 Å². The van der Waals surface area contributed by atoms with Crippen LogP contribution in [-0.4, -0.2) is 23.8 Å². The van der Waals surface area contributed by atoms with Crippen LogP contribution in [0.2, 0.25) is 0 Å². The Bertz CT molecular complexity index is 1170. The van der Waals surface area contributed by atoms with Gasteiger partial charge in [-0.25, -0.2) is 4.39 Å². The molecule has 0 bridgehead atoms. The van der Waals surface area contributed by atoms with Crippen molar-refractivity contribution in [1.82, 2.24) is 0 Å². The van der Waals surface area contributed by atoms with Gasteiger partial charge in [-0.2, -0.15) is 13.2 Å². The van der Waals surface area contributed by atoms with E-state index in [1.807, 2.05) is 19.1 Å². The fourth-order valence-electron chi connectivity index (χ4n) is 3.60. The summed E-state index contributed by atoms with van der Waals surface area (Å²) >= 11 is 0. The number of alkyl halides is 3. The number of ether oxygens (including phenoxy) is 2. The monoisotopic (exact) mass is 490 g/mol. The molecule has 0 aliphatic rings. The number of halogens is 4. The first-order chi connectivity index (χ1) is 16.5. The maximum atomic E-state index is 14.4. The highest BCUT2D eigenvalue weighted by molar-refractivity contribution is 5.72. The SMILES string of the molecule is Cc1cc(OCC[C@H](C)Oc2ccc(C(F)(F)F)cc2-c2ccccc2F)ccc1CCC(=O)O. The second-order valence-corrected chi connectivity index (χ2v) is 8.24. The molecular formula is C27H26F4O4. The van der Waals surface area contributed by atoms with Crippen LogP contribution in [0.4, 0.5) is 17.6 Å². The lowest BCUT2D eigenvalue weighted by Gasteiger charge is -2.20. The maximum absolute atomic E-state index is 14.4. The predicted molar refractivity (Wildman–Crippen MR) is 124 cm³/mol. The Morgan fingerprint density at radius 1 is 1.03 bits per heavy atom. The highest BCUT2D eigenvalue weighted by Crippen LogP contribution is 2.38. The molecule has 4 nitrogen and oxygen atoms in total. The van der Waals surface area contributed by atoms with Gasteiger partial charge in [0.2, 0.25) is 0 Å². The molecule has 1 atom stereocenters. The number of benzene rings is 3. The number of rotatable bonds is 10. The van der Waals surface area contributed by atoms with Crippen molar-refractivity contribution >= 4 is 5.97 Å². The Kier molecular flexibility index (Phi) is 8.38. The van der Waals surface area contributed by atoms with E-state index < -0.39 is 29.6 Å². The summed E-state index contributed by atoms with van der Waals surface area (Å²) in [6.07, 6.45) is -4.08. The topological polar surface area (TPSA) is 55.8 Å². The van der Waals surface area contributed by atoms with E-state index in [1.165, 1.54) is 24.3 Å². The average molecular weight is 490 g/mol. The maximum Gasteiger partial charge on any atom is 0.416 e. The van der Waals surface area contributed by atoms with Gasteiger partial charge in [0.15, 0.2) is 0 Å². The quantitative estimate of drug-likeness (QED) is 0.309. The molecule has 8 heteroatoms. The summed E-state index contributed by atoms with van der Waals surface area (Å²) in [6.45, 7) is 3.92. The molecule has 0 amide bonds. The Morgan fingerprint density at radius 2 is 1.77 bits per heavy atom. The summed E-state index contributed by atoms with van der Waals surface area (Å²) in [5.41, 5.74) is 1.02. The van der Waals surface area contributed by atoms with E-state index in [-0.39, 0.29) is 29.9 Å². The molecule has 0 aliphatic carbocycles. The molecule has 1 N–H and O–H groups in total. The highest BCUT2D eigenvalue weighted by Gasteiger charge is 2.31. The van der Waals surface area contributed by atoms with Crippen molar-refractivity contribution in [1.29, 1.82) is 0 Å². The van der Waals surface area contributed by atoms with Crippen molar-refractivity contribution in [3.63, 3.8) is 0 Å². The van der Waals surface area contributed by atoms with Gasteiger partial charge in [0.1, 0.15) is 17.3 Å². The molecule has 3 aromatic carbocycles. The zero-order valence-electron chi connectivity index (χ0n) is 19.4. The number of aliphatic carboxylic acids is 1. The van der Waals surface area contributed by atoms with E-state index in [2.05, 4.69) is 0 Å². The Hall–Kier alpha value is -3.55. The largest absolute Gasteiger partial charge is 0.493 e. The molecule has 186 valence electrons. The average Bonchev–Trinajstić information content (AvgIpc) is 2.78. The van der Waals surface area contributed by atoms with Gasteiger partial charge in [0, 0.05) is 24.0 Å². The van der Waals surface area contributed by atoms with Crippen LogP contribution >= 0.6 is 0 Å². The van der Waals surface area contributed by atoms with Crippen LogP contribution in [0.1, 0.15) is 36.5 Å². The van der Waals surface area contributed by atoms with Crippen LogP contribution in [-0.2, 0) is 17.4 Å². The van der Waals surface area contributed by atoms with E-state index in [0.29, 0.717) is 18.6 Å². The van der Waals surface area contributed by atoms with Gasteiger partial charge in [-0.3, -0.25) is 4.79 Å². The number of carboxylic acids is 1. The molecule has 0 aliphatic heterocycles. The van der Waals surface area contributed by atoms with E-state index in [4.69, 9.17) is 14.6 Å². The molecule has 0 saturated carbocycles. The van der Waals surface area contributed by atoms with Gasteiger partial charge in [-0.15, -0.1) is 0 Å². The van der Waals surface area contributed by atoms with Gasteiger partial charge in [-0.1, -0.05) is 24.3 Å². The van der Waals surface area contributed by atoms with Gasteiger partial charge in [0.05, 0.1) is 18.3 Å². The zero-order valence-corrected chi connectivity index (χ0v) is 19.4. The van der Waals surface area contributed by atoms with E-state index >= 15 is 0 Å². The fraction of sp³-hybridized carbons (Fsp3) is 0.296. The van der Waals surface area contributed by atoms with Crippen molar-refractivity contribution in [3.05, 3.63) is 83.2 Å². The molecular weight excluding hydrogens is 464 g/mol. The van der Waals surface area contributed by atoms with Crippen molar-refractivity contribution in [2.45, 2.75) is 45.4 Å². The van der Waals surface area contributed by atoms with Crippen molar-refractivity contribution in [2.75, 3.05) is 6.61 Å². The summed E-state index contributed by atoms with van der Waals surface area (Å²) < 4.78 is 65.8. The number of hydrogen-bond acceptors (Lipinski definition) is 3. The second kappa shape index (κ2) is 11.3. The molecule has 0 spiro atoms. The molecule has 0 saturated heterocycles. The number of hydrogen-bond donors (Lipinski definition) is 1. The number of carboxylic acid groups (broad SMARTS) is 1. The number of carbonyl (C=O) groups is 1. The fourth-order valence-corrected chi connectivity index (χ4v) is 3.60. The van der Waals surface area contributed by atoms with Gasteiger partial charge in [-0.05, 0) is 67.8 Å².